The summed E-state index contributed by atoms with van der Waals surface area (Å²) in [6.45, 7) is 1.73. The molecule has 0 fully saturated rings. The van der Waals surface area contributed by atoms with Gasteiger partial charge in [-0.25, -0.2) is 4.98 Å². The maximum Gasteiger partial charge on any atom is 0.267 e. The number of carbonyl (C=O) groups excluding carboxylic acids is 1. The molecule has 0 saturated carbocycles. The molecule has 1 aliphatic heterocycles. The molecular weight excluding hydrogens is 238 g/mol. The van der Waals surface area contributed by atoms with E-state index in [-0.39, 0.29) is 0 Å². The van der Waals surface area contributed by atoms with Gasteiger partial charge in [-0.05, 0) is 29.7 Å². The fourth-order valence-electron chi connectivity index (χ4n) is 2.43. The monoisotopic (exact) mass is 253 g/mol. The second-order valence-corrected chi connectivity index (χ2v) is 4.69. The summed E-state index contributed by atoms with van der Waals surface area (Å²) in [4.78, 5) is 17.7. The van der Waals surface area contributed by atoms with Crippen LogP contribution in [0.25, 0.3) is 0 Å². The molecule has 0 aliphatic carbocycles. The summed E-state index contributed by atoms with van der Waals surface area (Å²) in [5.41, 5.74) is 8.30. The summed E-state index contributed by atoms with van der Waals surface area (Å²) in [6, 6.07) is 13.8. The maximum atomic E-state index is 11.2. The lowest BCUT2D eigenvalue weighted by atomic mass is 10.00. The summed E-state index contributed by atoms with van der Waals surface area (Å²) in [7, 11) is 0. The minimum Gasteiger partial charge on any atom is -0.364 e. The lowest BCUT2D eigenvalue weighted by Crippen LogP contribution is -2.31. The van der Waals surface area contributed by atoms with Crippen LogP contribution in [0.2, 0.25) is 0 Å². The van der Waals surface area contributed by atoms with E-state index >= 15 is 0 Å². The first kappa shape index (κ1) is 11.7. The van der Waals surface area contributed by atoms with E-state index in [4.69, 9.17) is 5.73 Å². The van der Waals surface area contributed by atoms with Crippen molar-refractivity contribution >= 4 is 11.7 Å². The summed E-state index contributed by atoms with van der Waals surface area (Å²) in [6.07, 6.45) is 0.999. The molecule has 0 bridgehead atoms. The molecule has 1 amide bonds. The fraction of sp³-hybridized carbons (Fsp3) is 0.200. The molecule has 3 rings (SSSR count). The molecule has 96 valence electrons. The Balaban J connectivity index is 1.89. The van der Waals surface area contributed by atoms with Crippen molar-refractivity contribution in [1.82, 2.24) is 4.98 Å². The number of aromatic nitrogens is 1. The van der Waals surface area contributed by atoms with Crippen molar-refractivity contribution in [2.75, 3.05) is 11.4 Å². The average molecular weight is 253 g/mol. The largest absolute Gasteiger partial charge is 0.364 e. The quantitative estimate of drug-likeness (QED) is 0.887. The zero-order chi connectivity index (χ0) is 13.2. The van der Waals surface area contributed by atoms with Crippen LogP contribution in [-0.4, -0.2) is 17.4 Å². The van der Waals surface area contributed by atoms with E-state index in [1.54, 1.807) is 6.07 Å². The van der Waals surface area contributed by atoms with Crippen LogP contribution in [0.3, 0.4) is 0 Å². The van der Waals surface area contributed by atoms with E-state index in [2.05, 4.69) is 34.1 Å². The number of amides is 1. The molecule has 0 spiro atoms. The van der Waals surface area contributed by atoms with Crippen molar-refractivity contribution < 1.29 is 4.79 Å². The molecular formula is C15H15N3O. The first-order valence-electron chi connectivity index (χ1n) is 6.32. The summed E-state index contributed by atoms with van der Waals surface area (Å²) < 4.78 is 0. The molecule has 0 atom stereocenters. The van der Waals surface area contributed by atoms with Crippen molar-refractivity contribution in [1.29, 1.82) is 0 Å². The van der Waals surface area contributed by atoms with E-state index in [9.17, 15) is 4.79 Å². The van der Waals surface area contributed by atoms with Gasteiger partial charge in [0, 0.05) is 13.1 Å². The normalized spacial score (nSPS) is 14.0. The Morgan fingerprint density at radius 2 is 1.89 bits per heavy atom. The maximum absolute atomic E-state index is 11.2. The standard InChI is InChI=1S/C15H15N3O/c16-15(19)13-6-3-7-14(17-13)18-9-8-11-4-1-2-5-12(11)10-18/h1-7H,8-10H2,(H2,16,19). The molecule has 0 radical (unpaired) electrons. The Morgan fingerprint density at radius 1 is 1.11 bits per heavy atom. The molecule has 2 N–H and O–H groups in total. The first-order valence-corrected chi connectivity index (χ1v) is 6.32. The third kappa shape index (κ3) is 2.29. The fourth-order valence-corrected chi connectivity index (χ4v) is 2.43. The Hall–Kier alpha value is -2.36. The zero-order valence-electron chi connectivity index (χ0n) is 10.5. The van der Waals surface area contributed by atoms with Gasteiger partial charge in [-0.1, -0.05) is 30.3 Å². The minimum atomic E-state index is -0.487. The van der Waals surface area contributed by atoms with Gasteiger partial charge >= 0.3 is 0 Å². The molecule has 2 aromatic rings. The van der Waals surface area contributed by atoms with Gasteiger partial charge < -0.3 is 10.6 Å². The van der Waals surface area contributed by atoms with Gasteiger partial charge in [-0.15, -0.1) is 0 Å². The number of nitrogens with zero attached hydrogens (tertiary/aromatic N) is 2. The van der Waals surface area contributed by atoms with Gasteiger partial charge in [0.25, 0.3) is 5.91 Å². The Kier molecular flexibility index (Phi) is 2.91. The van der Waals surface area contributed by atoms with Crippen LogP contribution < -0.4 is 10.6 Å². The van der Waals surface area contributed by atoms with Crippen molar-refractivity contribution in [2.24, 2.45) is 5.73 Å². The van der Waals surface area contributed by atoms with Crippen molar-refractivity contribution in [3.8, 4) is 0 Å². The van der Waals surface area contributed by atoms with E-state index in [1.807, 2.05) is 12.1 Å². The third-order valence-corrected chi connectivity index (χ3v) is 3.44. The van der Waals surface area contributed by atoms with Crippen LogP contribution in [0.4, 0.5) is 5.82 Å². The second-order valence-electron chi connectivity index (χ2n) is 4.69. The number of carbonyl (C=O) groups is 1. The number of fused-ring (bicyclic) bond motifs is 1. The molecule has 1 aromatic carbocycles. The third-order valence-electron chi connectivity index (χ3n) is 3.44. The molecule has 0 unspecified atom stereocenters. The topological polar surface area (TPSA) is 59.2 Å². The van der Waals surface area contributed by atoms with Gasteiger partial charge in [0.05, 0.1) is 0 Å². The van der Waals surface area contributed by atoms with Gasteiger partial charge in [0.1, 0.15) is 11.5 Å². The lowest BCUT2D eigenvalue weighted by Gasteiger charge is -2.29. The van der Waals surface area contributed by atoms with E-state index in [0.29, 0.717) is 5.69 Å². The first-order chi connectivity index (χ1) is 9.24. The number of hydrogen-bond acceptors (Lipinski definition) is 3. The van der Waals surface area contributed by atoms with Gasteiger partial charge in [-0.3, -0.25) is 4.79 Å². The Morgan fingerprint density at radius 3 is 2.68 bits per heavy atom. The number of hydrogen-bond donors (Lipinski definition) is 1. The summed E-state index contributed by atoms with van der Waals surface area (Å²) >= 11 is 0. The average Bonchev–Trinajstić information content (AvgIpc) is 2.47. The van der Waals surface area contributed by atoms with Crippen LogP contribution in [0.1, 0.15) is 21.6 Å². The van der Waals surface area contributed by atoms with Crippen LogP contribution >= 0.6 is 0 Å². The molecule has 2 heterocycles. The zero-order valence-corrected chi connectivity index (χ0v) is 10.5. The molecule has 0 saturated heterocycles. The highest BCUT2D eigenvalue weighted by molar-refractivity contribution is 5.91. The van der Waals surface area contributed by atoms with Crippen LogP contribution in [0.5, 0.6) is 0 Å². The molecule has 1 aromatic heterocycles. The minimum absolute atomic E-state index is 0.316. The Bertz CT molecular complexity index is 624. The summed E-state index contributed by atoms with van der Waals surface area (Å²) in [5.74, 6) is 0.324. The second kappa shape index (κ2) is 4.72. The highest BCUT2D eigenvalue weighted by Gasteiger charge is 2.17. The van der Waals surface area contributed by atoms with Crippen molar-refractivity contribution in [3.05, 3.63) is 59.3 Å². The number of benzene rings is 1. The lowest BCUT2D eigenvalue weighted by molar-refractivity contribution is 0.0995. The number of anilines is 1. The number of pyridine rings is 1. The predicted octanol–water partition coefficient (Wildman–Crippen LogP) is 1.74. The van der Waals surface area contributed by atoms with Crippen molar-refractivity contribution in [3.63, 3.8) is 0 Å². The highest BCUT2D eigenvalue weighted by Crippen LogP contribution is 2.22. The Labute approximate surface area is 111 Å². The number of primary amides is 1. The van der Waals surface area contributed by atoms with Gasteiger partial charge in [-0.2, -0.15) is 0 Å². The highest BCUT2D eigenvalue weighted by atomic mass is 16.1. The predicted molar refractivity (Wildman–Crippen MR) is 74.0 cm³/mol. The van der Waals surface area contributed by atoms with Crippen molar-refractivity contribution in [2.45, 2.75) is 13.0 Å². The van der Waals surface area contributed by atoms with Crippen LogP contribution in [-0.2, 0) is 13.0 Å². The van der Waals surface area contributed by atoms with E-state index in [0.717, 1.165) is 25.3 Å². The van der Waals surface area contributed by atoms with E-state index in [1.165, 1.54) is 11.1 Å². The van der Waals surface area contributed by atoms with Crippen LogP contribution in [0.15, 0.2) is 42.5 Å². The molecule has 1 aliphatic rings. The molecule has 4 nitrogen and oxygen atoms in total. The van der Waals surface area contributed by atoms with Gasteiger partial charge in [0.2, 0.25) is 0 Å². The van der Waals surface area contributed by atoms with Crippen LogP contribution in [0, 0.1) is 0 Å². The molecule has 19 heavy (non-hydrogen) atoms. The van der Waals surface area contributed by atoms with E-state index < -0.39 is 5.91 Å². The number of rotatable bonds is 2. The van der Waals surface area contributed by atoms with Gasteiger partial charge in [0.15, 0.2) is 0 Å². The summed E-state index contributed by atoms with van der Waals surface area (Å²) in [5, 5.41) is 0. The smallest absolute Gasteiger partial charge is 0.267 e. The number of nitrogens with two attached hydrogens (primary N) is 1. The SMILES string of the molecule is NC(=O)c1cccc(N2CCc3ccccc3C2)n1. The molecule has 4 heteroatoms.